The summed E-state index contributed by atoms with van der Waals surface area (Å²) in [6.07, 6.45) is 0.459. The van der Waals surface area contributed by atoms with Gasteiger partial charge < -0.3 is 19.3 Å². The molecule has 28 heavy (non-hydrogen) atoms. The first-order valence-electron chi connectivity index (χ1n) is 8.62. The van der Waals surface area contributed by atoms with Crippen molar-refractivity contribution in [1.29, 1.82) is 0 Å². The van der Waals surface area contributed by atoms with E-state index in [1.807, 2.05) is 0 Å². The lowest BCUT2D eigenvalue weighted by Gasteiger charge is -2.30. The largest absolute Gasteiger partial charge is 0.465 e. The second kappa shape index (κ2) is 7.84. The number of sulfone groups is 1. The van der Waals surface area contributed by atoms with Gasteiger partial charge in [0, 0.05) is 24.9 Å². The summed E-state index contributed by atoms with van der Waals surface area (Å²) in [5.74, 6) is -0.575. The van der Waals surface area contributed by atoms with Gasteiger partial charge in [0.15, 0.2) is 9.84 Å². The fourth-order valence-electron chi connectivity index (χ4n) is 2.99. The van der Waals surface area contributed by atoms with Crippen molar-refractivity contribution >= 4 is 15.9 Å². The lowest BCUT2D eigenvalue weighted by atomic mass is 10.1. The van der Waals surface area contributed by atoms with Crippen molar-refractivity contribution in [2.45, 2.75) is 36.9 Å². The van der Waals surface area contributed by atoms with E-state index in [4.69, 9.17) is 14.4 Å². The molecular formula is C17H20FN3O6S. The Kier molecular flexibility index (Phi) is 5.66. The number of carbonyl (C=O) groups is 1. The number of likely N-dealkylation sites (tertiary alicyclic amines) is 1. The van der Waals surface area contributed by atoms with E-state index in [2.05, 4.69) is 10.1 Å². The van der Waals surface area contributed by atoms with Gasteiger partial charge >= 0.3 is 6.09 Å². The fraction of sp³-hybridized carbons (Fsp3) is 0.471. The van der Waals surface area contributed by atoms with Crippen LogP contribution in [0.15, 0.2) is 27.6 Å². The van der Waals surface area contributed by atoms with Crippen LogP contribution in [0.4, 0.5) is 9.18 Å². The average molecular weight is 413 g/mol. The minimum absolute atomic E-state index is 0.116. The summed E-state index contributed by atoms with van der Waals surface area (Å²) in [6.45, 7) is 2.52. The molecular weight excluding hydrogens is 393 g/mol. The molecule has 0 spiro atoms. The summed E-state index contributed by atoms with van der Waals surface area (Å²) in [6, 6.07) is 3.60. The molecule has 3 rings (SSSR count). The van der Waals surface area contributed by atoms with Crippen molar-refractivity contribution in [2.24, 2.45) is 0 Å². The molecule has 9 nitrogen and oxygen atoms in total. The lowest BCUT2D eigenvalue weighted by Crippen LogP contribution is -2.40. The first-order valence-corrected chi connectivity index (χ1v) is 10.5. The minimum atomic E-state index is -3.67. The number of ether oxygens (including phenoxy) is 1. The molecule has 2 heterocycles. The quantitative estimate of drug-likeness (QED) is 0.793. The van der Waals surface area contributed by atoms with Gasteiger partial charge in [0.2, 0.25) is 5.82 Å². The van der Waals surface area contributed by atoms with E-state index in [-0.39, 0.29) is 23.4 Å². The van der Waals surface area contributed by atoms with Gasteiger partial charge in [-0.3, -0.25) is 0 Å². The average Bonchev–Trinajstić information content (AvgIpc) is 3.11. The van der Waals surface area contributed by atoms with E-state index in [1.54, 1.807) is 6.92 Å². The highest BCUT2D eigenvalue weighted by atomic mass is 32.2. The molecule has 1 aliphatic heterocycles. The van der Waals surface area contributed by atoms with Crippen LogP contribution >= 0.6 is 0 Å². The number of rotatable bonds is 5. The van der Waals surface area contributed by atoms with E-state index < -0.39 is 32.7 Å². The van der Waals surface area contributed by atoms with Gasteiger partial charge in [-0.05, 0) is 38.0 Å². The van der Waals surface area contributed by atoms with Crippen molar-refractivity contribution in [1.82, 2.24) is 15.0 Å². The number of piperidine rings is 1. The molecule has 1 atom stereocenters. The number of halogens is 1. The summed E-state index contributed by atoms with van der Waals surface area (Å²) < 4.78 is 48.1. The Morgan fingerprint density at radius 3 is 2.64 bits per heavy atom. The molecule has 1 saturated heterocycles. The number of hydrogen-bond acceptors (Lipinski definition) is 7. The van der Waals surface area contributed by atoms with Crippen LogP contribution in [0.25, 0.3) is 11.4 Å². The molecule has 1 aromatic carbocycles. The van der Waals surface area contributed by atoms with Gasteiger partial charge in [-0.1, -0.05) is 5.16 Å². The third-order valence-corrected chi connectivity index (χ3v) is 5.62. The molecule has 0 bridgehead atoms. The topological polar surface area (TPSA) is 123 Å². The zero-order valence-electron chi connectivity index (χ0n) is 15.3. The number of carboxylic acid groups (broad SMARTS) is 1. The lowest BCUT2D eigenvalue weighted by molar-refractivity contribution is -0.0451. The Bertz CT molecular complexity index is 969. The molecule has 1 aliphatic rings. The first-order chi connectivity index (χ1) is 13.1. The molecule has 1 amide bonds. The molecule has 152 valence electrons. The second-order valence-corrected chi connectivity index (χ2v) is 8.61. The second-order valence-electron chi connectivity index (χ2n) is 6.62. The van der Waals surface area contributed by atoms with Crippen molar-refractivity contribution in [2.75, 3.05) is 19.3 Å². The highest BCUT2D eigenvalue weighted by molar-refractivity contribution is 7.90. The zero-order valence-corrected chi connectivity index (χ0v) is 16.1. The number of amides is 1. The van der Waals surface area contributed by atoms with Crippen LogP contribution in [0.3, 0.4) is 0 Å². The molecule has 0 saturated carbocycles. The monoisotopic (exact) mass is 413 g/mol. The Hall–Kier alpha value is -2.53. The van der Waals surface area contributed by atoms with Crippen molar-refractivity contribution in [3.63, 3.8) is 0 Å². The summed E-state index contributed by atoms with van der Waals surface area (Å²) in [5.41, 5.74) is 0.280. The molecule has 11 heteroatoms. The van der Waals surface area contributed by atoms with Gasteiger partial charge in [0.05, 0.1) is 6.10 Å². The minimum Gasteiger partial charge on any atom is -0.465 e. The number of benzene rings is 1. The fourth-order valence-corrected chi connectivity index (χ4v) is 3.72. The van der Waals surface area contributed by atoms with Gasteiger partial charge in [0.1, 0.15) is 16.8 Å². The number of aromatic nitrogens is 2. The summed E-state index contributed by atoms with van der Waals surface area (Å²) in [5, 5.41) is 12.8. The molecule has 1 N–H and O–H groups in total. The van der Waals surface area contributed by atoms with E-state index in [9.17, 15) is 17.6 Å². The third-order valence-electron chi connectivity index (χ3n) is 4.49. The SMILES string of the molecule is C[C@@H](OC1CCN(C(=O)O)CC1)c1nc(-c2ccc(S(C)(=O)=O)c(F)c2)no1. The van der Waals surface area contributed by atoms with E-state index >= 15 is 0 Å². The Morgan fingerprint density at radius 1 is 1.39 bits per heavy atom. The highest BCUT2D eigenvalue weighted by Crippen LogP contribution is 2.26. The highest BCUT2D eigenvalue weighted by Gasteiger charge is 2.26. The molecule has 1 fully saturated rings. The molecule has 1 aromatic heterocycles. The van der Waals surface area contributed by atoms with Crippen LogP contribution in [0.1, 0.15) is 31.8 Å². The first kappa shape index (κ1) is 20.2. The van der Waals surface area contributed by atoms with Crippen molar-refractivity contribution in [3.8, 4) is 11.4 Å². The Morgan fingerprint density at radius 2 is 2.07 bits per heavy atom. The van der Waals surface area contributed by atoms with Crippen LogP contribution in [-0.2, 0) is 14.6 Å². The molecule has 0 unspecified atom stereocenters. The van der Waals surface area contributed by atoms with Gasteiger partial charge in [-0.25, -0.2) is 17.6 Å². The van der Waals surface area contributed by atoms with Crippen molar-refractivity contribution < 1.29 is 32.0 Å². The van der Waals surface area contributed by atoms with Crippen LogP contribution in [0.5, 0.6) is 0 Å². The predicted octanol–water partition coefficient (Wildman–Crippen LogP) is 2.50. The van der Waals surface area contributed by atoms with Crippen LogP contribution in [0, 0.1) is 5.82 Å². The number of nitrogens with zero attached hydrogens (tertiary/aromatic N) is 3. The maximum Gasteiger partial charge on any atom is 0.407 e. The third kappa shape index (κ3) is 4.47. The van der Waals surface area contributed by atoms with E-state index in [1.165, 1.54) is 11.0 Å². The predicted molar refractivity (Wildman–Crippen MR) is 94.9 cm³/mol. The summed E-state index contributed by atoms with van der Waals surface area (Å²) >= 11 is 0. The van der Waals surface area contributed by atoms with Crippen molar-refractivity contribution in [3.05, 3.63) is 29.9 Å². The number of hydrogen-bond donors (Lipinski definition) is 1. The molecule has 2 aromatic rings. The van der Waals surface area contributed by atoms with E-state index in [0.29, 0.717) is 25.9 Å². The normalized spacial score (nSPS) is 16.9. The van der Waals surface area contributed by atoms with Crippen LogP contribution in [-0.4, -0.2) is 60.1 Å². The van der Waals surface area contributed by atoms with Crippen LogP contribution in [0.2, 0.25) is 0 Å². The van der Waals surface area contributed by atoms with Gasteiger partial charge in [-0.2, -0.15) is 4.98 Å². The molecule has 0 radical (unpaired) electrons. The van der Waals surface area contributed by atoms with E-state index in [0.717, 1.165) is 18.4 Å². The smallest absolute Gasteiger partial charge is 0.407 e. The van der Waals surface area contributed by atoms with Gasteiger partial charge in [0.25, 0.3) is 5.89 Å². The Labute approximate surface area is 161 Å². The molecule has 0 aliphatic carbocycles. The maximum absolute atomic E-state index is 14.1. The summed E-state index contributed by atoms with van der Waals surface area (Å²) in [4.78, 5) is 16.1. The zero-order chi connectivity index (χ0) is 20.5. The maximum atomic E-state index is 14.1. The van der Waals surface area contributed by atoms with Crippen LogP contribution < -0.4 is 0 Å². The standard InChI is InChI=1S/C17H20FN3O6S/c1-10(26-12-5-7-21(8-6-12)17(22)23)16-19-15(20-27-16)11-3-4-14(13(18)9-11)28(2,24)25/h3-4,9-10,12H,5-8H2,1-2H3,(H,22,23)/t10-/m1/s1. The Balaban J connectivity index is 1.67. The van der Waals surface area contributed by atoms with Gasteiger partial charge in [-0.15, -0.1) is 0 Å². The summed E-state index contributed by atoms with van der Waals surface area (Å²) in [7, 11) is -3.67.